The van der Waals surface area contributed by atoms with E-state index in [9.17, 15) is 4.39 Å². The van der Waals surface area contributed by atoms with Crippen LogP contribution < -0.4 is 0 Å². The van der Waals surface area contributed by atoms with Crippen LogP contribution in [0.3, 0.4) is 0 Å². The van der Waals surface area contributed by atoms with Gasteiger partial charge in [-0.05, 0) is 47.9 Å². The summed E-state index contributed by atoms with van der Waals surface area (Å²) in [7, 11) is 0. The molecule has 0 fully saturated rings. The highest BCUT2D eigenvalue weighted by molar-refractivity contribution is 6.31. The molecule has 0 saturated carbocycles. The van der Waals surface area contributed by atoms with Gasteiger partial charge >= 0.3 is 0 Å². The van der Waals surface area contributed by atoms with Crippen LogP contribution in [0.5, 0.6) is 0 Å². The fourth-order valence-electron chi connectivity index (χ4n) is 3.04. The molecule has 0 aliphatic rings. The van der Waals surface area contributed by atoms with Gasteiger partial charge in [-0.2, -0.15) is 0 Å². The highest BCUT2D eigenvalue weighted by Crippen LogP contribution is 2.32. The number of aryl methyl sites for hydroxylation is 1. The van der Waals surface area contributed by atoms with Gasteiger partial charge in [0.05, 0.1) is 16.2 Å². The van der Waals surface area contributed by atoms with E-state index in [2.05, 4.69) is 10.3 Å². The topological polar surface area (TPSA) is 30.7 Å². The highest BCUT2D eigenvalue weighted by Gasteiger charge is 2.14. The van der Waals surface area contributed by atoms with Crippen molar-refractivity contribution in [1.29, 1.82) is 0 Å². The summed E-state index contributed by atoms with van der Waals surface area (Å²) in [5.74, 6) is -0.391. The smallest absolute Gasteiger partial charge is 0.149 e. The van der Waals surface area contributed by atoms with E-state index < -0.39 is 5.82 Å². The summed E-state index contributed by atoms with van der Waals surface area (Å²) in [5.41, 5.74) is 5.06. The van der Waals surface area contributed by atoms with Crippen LogP contribution in [0.4, 0.5) is 4.39 Å². The Morgan fingerprint density at radius 2 is 1.84 bits per heavy atom. The summed E-state index contributed by atoms with van der Waals surface area (Å²) in [4.78, 5) is 0. The van der Waals surface area contributed by atoms with E-state index in [1.807, 2.05) is 49.4 Å². The molecule has 1 heterocycles. The third-order valence-electron chi connectivity index (χ3n) is 4.31. The van der Waals surface area contributed by atoms with Crippen molar-refractivity contribution in [2.75, 3.05) is 0 Å². The quantitative estimate of drug-likeness (QED) is 0.492. The standard InChI is InChI=1S/C20H15ClFN3/c1-2-13-12-14(25-19-9-4-3-8-18(19)23-24-25)10-11-15(13)16-6-5-7-17(21)20(16)22/h3-12H,2H2,1H3. The van der Waals surface area contributed by atoms with Gasteiger partial charge in [-0.3, -0.25) is 0 Å². The normalized spacial score (nSPS) is 11.2. The zero-order chi connectivity index (χ0) is 17.4. The Kier molecular flexibility index (Phi) is 3.98. The van der Waals surface area contributed by atoms with Crippen molar-refractivity contribution in [3.05, 3.63) is 77.1 Å². The predicted molar refractivity (Wildman–Crippen MR) is 98.6 cm³/mol. The first-order chi connectivity index (χ1) is 12.2. The van der Waals surface area contributed by atoms with Gasteiger partial charge in [-0.25, -0.2) is 9.07 Å². The maximum atomic E-state index is 14.4. The molecule has 4 rings (SSSR count). The van der Waals surface area contributed by atoms with Gasteiger partial charge in [0.15, 0.2) is 0 Å². The minimum atomic E-state index is -0.391. The molecular formula is C20H15ClFN3. The Hall–Kier alpha value is -2.72. The van der Waals surface area contributed by atoms with Gasteiger partial charge in [0.1, 0.15) is 11.3 Å². The van der Waals surface area contributed by atoms with E-state index in [-0.39, 0.29) is 5.02 Å². The van der Waals surface area contributed by atoms with E-state index in [4.69, 9.17) is 11.6 Å². The van der Waals surface area contributed by atoms with Crippen LogP contribution in [-0.4, -0.2) is 15.0 Å². The highest BCUT2D eigenvalue weighted by atomic mass is 35.5. The third kappa shape index (κ3) is 2.68. The molecule has 3 nitrogen and oxygen atoms in total. The van der Waals surface area contributed by atoms with Gasteiger partial charge in [0, 0.05) is 5.56 Å². The van der Waals surface area contributed by atoms with Crippen LogP contribution in [0.2, 0.25) is 5.02 Å². The van der Waals surface area contributed by atoms with E-state index in [1.54, 1.807) is 22.9 Å². The lowest BCUT2D eigenvalue weighted by atomic mass is 9.97. The first-order valence-electron chi connectivity index (χ1n) is 8.07. The average Bonchev–Trinajstić information content (AvgIpc) is 3.08. The number of hydrogen-bond acceptors (Lipinski definition) is 2. The monoisotopic (exact) mass is 351 g/mol. The number of nitrogens with zero attached hydrogens (tertiary/aromatic N) is 3. The van der Waals surface area contributed by atoms with Crippen molar-refractivity contribution < 1.29 is 4.39 Å². The molecule has 4 aromatic rings. The molecule has 0 aliphatic carbocycles. The van der Waals surface area contributed by atoms with Crippen molar-refractivity contribution in [2.45, 2.75) is 13.3 Å². The molecule has 0 atom stereocenters. The number of benzene rings is 3. The molecular weight excluding hydrogens is 337 g/mol. The fourth-order valence-corrected chi connectivity index (χ4v) is 3.21. The van der Waals surface area contributed by atoms with Crippen molar-refractivity contribution >= 4 is 22.6 Å². The zero-order valence-corrected chi connectivity index (χ0v) is 14.3. The maximum Gasteiger partial charge on any atom is 0.149 e. The van der Waals surface area contributed by atoms with E-state index >= 15 is 0 Å². The summed E-state index contributed by atoms with van der Waals surface area (Å²) in [6, 6.07) is 18.7. The molecule has 25 heavy (non-hydrogen) atoms. The summed E-state index contributed by atoms with van der Waals surface area (Å²) >= 11 is 5.94. The molecule has 0 bridgehead atoms. The average molecular weight is 352 g/mol. The molecule has 0 unspecified atom stereocenters. The van der Waals surface area contributed by atoms with Crippen molar-refractivity contribution in [2.24, 2.45) is 0 Å². The van der Waals surface area contributed by atoms with Gasteiger partial charge < -0.3 is 0 Å². The Balaban J connectivity index is 1.87. The number of aromatic nitrogens is 3. The number of para-hydroxylation sites is 1. The SMILES string of the molecule is CCc1cc(-n2nnc3ccccc32)ccc1-c1cccc(Cl)c1F. The Morgan fingerprint density at radius 1 is 1.00 bits per heavy atom. The first-order valence-corrected chi connectivity index (χ1v) is 8.45. The number of hydrogen-bond donors (Lipinski definition) is 0. The number of halogens is 2. The Morgan fingerprint density at radius 3 is 2.68 bits per heavy atom. The molecule has 1 aromatic heterocycles. The van der Waals surface area contributed by atoms with Gasteiger partial charge in [0.2, 0.25) is 0 Å². The molecule has 0 aliphatic heterocycles. The molecule has 3 aromatic carbocycles. The lowest BCUT2D eigenvalue weighted by Gasteiger charge is -2.12. The minimum absolute atomic E-state index is 0.130. The van der Waals surface area contributed by atoms with E-state index in [0.29, 0.717) is 5.56 Å². The molecule has 5 heteroatoms. The second-order valence-electron chi connectivity index (χ2n) is 5.79. The summed E-state index contributed by atoms with van der Waals surface area (Å²) in [5, 5.41) is 8.57. The predicted octanol–water partition coefficient (Wildman–Crippen LogP) is 5.44. The lowest BCUT2D eigenvalue weighted by Crippen LogP contribution is -1.99. The third-order valence-corrected chi connectivity index (χ3v) is 4.60. The first kappa shape index (κ1) is 15.8. The van der Waals surface area contributed by atoms with Crippen molar-refractivity contribution in [3.63, 3.8) is 0 Å². The van der Waals surface area contributed by atoms with Crippen LogP contribution >= 0.6 is 11.6 Å². The van der Waals surface area contributed by atoms with Crippen LogP contribution in [0.25, 0.3) is 27.8 Å². The lowest BCUT2D eigenvalue weighted by molar-refractivity contribution is 0.631. The Bertz CT molecular complexity index is 1070. The molecule has 0 radical (unpaired) electrons. The largest absolute Gasteiger partial charge is 0.213 e. The summed E-state index contributed by atoms with van der Waals surface area (Å²) in [6.07, 6.45) is 0.766. The second-order valence-corrected chi connectivity index (χ2v) is 6.19. The van der Waals surface area contributed by atoms with Crippen LogP contribution in [0.15, 0.2) is 60.7 Å². The minimum Gasteiger partial charge on any atom is -0.213 e. The second kappa shape index (κ2) is 6.30. The number of fused-ring (bicyclic) bond motifs is 1. The fraction of sp³-hybridized carbons (Fsp3) is 0.100. The molecule has 0 amide bonds. The maximum absolute atomic E-state index is 14.4. The van der Waals surface area contributed by atoms with E-state index in [1.165, 1.54) is 0 Å². The van der Waals surface area contributed by atoms with Gasteiger partial charge in [-0.1, -0.05) is 54.1 Å². The van der Waals surface area contributed by atoms with Crippen LogP contribution in [0.1, 0.15) is 12.5 Å². The van der Waals surface area contributed by atoms with E-state index in [0.717, 1.165) is 34.3 Å². The van der Waals surface area contributed by atoms with Crippen molar-refractivity contribution in [3.8, 4) is 16.8 Å². The molecule has 0 spiro atoms. The Labute approximate surface area is 149 Å². The van der Waals surface area contributed by atoms with Gasteiger partial charge in [-0.15, -0.1) is 5.10 Å². The molecule has 0 saturated heterocycles. The van der Waals surface area contributed by atoms with Crippen molar-refractivity contribution in [1.82, 2.24) is 15.0 Å². The van der Waals surface area contributed by atoms with Crippen LogP contribution in [-0.2, 0) is 6.42 Å². The van der Waals surface area contributed by atoms with Gasteiger partial charge in [0.25, 0.3) is 0 Å². The zero-order valence-electron chi connectivity index (χ0n) is 13.6. The summed E-state index contributed by atoms with van der Waals surface area (Å²) in [6.45, 7) is 2.05. The van der Waals surface area contributed by atoms with Crippen LogP contribution in [0, 0.1) is 5.82 Å². The molecule has 0 N–H and O–H groups in total. The number of rotatable bonds is 3. The molecule has 124 valence electrons. The summed E-state index contributed by atoms with van der Waals surface area (Å²) < 4.78 is 16.2.